The summed E-state index contributed by atoms with van der Waals surface area (Å²) < 4.78 is 36.1. The van der Waals surface area contributed by atoms with Crippen molar-refractivity contribution in [2.75, 3.05) is 7.11 Å². The predicted molar refractivity (Wildman–Crippen MR) is 122 cm³/mol. The molecule has 4 nitrogen and oxygen atoms in total. The molecule has 0 fully saturated rings. The number of hydrogen-bond acceptors (Lipinski definition) is 4. The number of hydrogen-bond donors (Lipinski definition) is 0. The first-order chi connectivity index (χ1) is 15.0. The van der Waals surface area contributed by atoms with Crippen LogP contribution in [0.2, 0.25) is 0 Å². The van der Waals surface area contributed by atoms with Crippen LogP contribution in [0.3, 0.4) is 0 Å². The highest BCUT2D eigenvalue weighted by Gasteiger charge is 2.27. The molecule has 4 aromatic carbocycles. The monoisotopic (exact) mass is 450 g/mol. The molecular formula is C25H22O4S2. The average molecular weight is 451 g/mol. The van der Waals surface area contributed by atoms with Crippen LogP contribution >= 0.6 is 0 Å². The van der Waals surface area contributed by atoms with Crippen molar-refractivity contribution in [1.82, 2.24) is 0 Å². The first-order valence-electron chi connectivity index (χ1n) is 9.48. The molecule has 31 heavy (non-hydrogen) atoms. The fraction of sp³-hybridized carbons (Fsp3) is 0.0400. The first-order valence-corrected chi connectivity index (χ1v) is 12.1. The van der Waals surface area contributed by atoms with Gasteiger partial charge in [0.25, 0.3) is 0 Å². The molecule has 4 aromatic rings. The molecule has 0 radical (unpaired) electrons. The molecule has 0 spiro atoms. The van der Waals surface area contributed by atoms with E-state index in [1.807, 2.05) is 0 Å². The summed E-state index contributed by atoms with van der Waals surface area (Å²) in [5.74, 6) is 0.516. The van der Waals surface area contributed by atoms with Crippen molar-refractivity contribution in [2.45, 2.75) is 19.6 Å². The third-order valence-electron chi connectivity index (χ3n) is 4.28. The van der Waals surface area contributed by atoms with Gasteiger partial charge in [-0.05, 0) is 60.7 Å². The molecule has 0 unspecified atom stereocenters. The molecule has 0 N–H and O–H groups in total. The van der Waals surface area contributed by atoms with Gasteiger partial charge in [0.05, 0.1) is 22.9 Å². The molecule has 0 amide bonds. The van der Waals surface area contributed by atoms with E-state index >= 15 is 0 Å². The van der Waals surface area contributed by atoms with Crippen molar-refractivity contribution < 1.29 is 17.7 Å². The Morgan fingerprint density at radius 1 is 0.613 bits per heavy atom. The van der Waals surface area contributed by atoms with Gasteiger partial charge in [0.2, 0.25) is 0 Å². The second-order valence-electron chi connectivity index (χ2n) is 6.37. The SMILES string of the molecule is COc1ccc(S(=O)(=O)[O-])cc1.c1ccc([S+](c2ccccc2)c2ccccc2)cc1. The highest BCUT2D eigenvalue weighted by atomic mass is 32.2. The molecule has 0 aliphatic carbocycles. The molecule has 0 heterocycles. The molecule has 0 aliphatic heterocycles. The zero-order valence-corrected chi connectivity index (χ0v) is 18.6. The lowest BCUT2D eigenvalue weighted by Gasteiger charge is -2.07. The summed E-state index contributed by atoms with van der Waals surface area (Å²) in [5.41, 5.74) is 0. The van der Waals surface area contributed by atoms with Gasteiger partial charge in [0.15, 0.2) is 14.7 Å². The van der Waals surface area contributed by atoms with Crippen molar-refractivity contribution in [2.24, 2.45) is 0 Å². The maximum absolute atomic E-state index is 10.4. The van der Waals surface area contributed by atoms with Gasteiger partial charge in [-0.1, -0.05) is 54.6 Å². The summed E-state index contributed by atoms with van der Waals surface area (Å²) in [6, 6.07) is 37.4. The van der Waals surface area contributed by atoms with E-state index in [0.29, 0.717) is 5.75 Å². The molecule has 0 atom stereocenters. The predicted octanol–water partition coefficient (Wildman–Crippen LogP) is 5.38. The van der Waals surface area contributed by atoms with Crippen molar-refractivity contribution in [3.63, 3.8) is 0 Å². The molecule has 0 saturated heterocycles. The average Bonchev–Trinajstić information content (AvgIpc) is 2.81. The van der Waals surface area contributed by atoms with Gasteiger partial charge >= 0.3 is 0 Å². The lowest BCUT2D eigenvalue weighted by atomic mass is 10.3. The minimum Gasteiger partial charge on any atom is -0.744 e. The van der Waals surface area contributed by atoms with E-state index in [4.69, 9.17) is 4.74 Å². The van der Waals surface area contributed by atoms with Crippen LogP contribution in [0.5, 0.6) is 5.75 Å². The molecule has 0 aliphatic rings. The highest BCUT2D eigenvalue weighted by Crippen LogP contribution is 2.30. The van der Waals surface area contributed by atoms with E-state index < -0.39 is 10.1 Å². The highest BCUT2D eigenvalue weighted by molar-refractivity contribution is 7.97. The third-order valence-corrected chi connectivity index (χ3v) is 7.37. The van der Waals surface area contributed by atoms with Crippen molar-refractivity contribution in [3.8, 4) is 5.75 Å². The lowest BCUT2D eigenvalue weighted by molar-refractivity contribution is 0.414. The standard InChI is InChI=1S/C18H15S.C7H8O4S/c1-4-10-16(11-5-1)19(17-12-6-2-7-13-17)18-14-8-3-9-15-18;1-11-6-2-4-7(5-3-6)12(8,9)10/h1-15H;2-5H,1H3,(H,8,9,10)/q+1;/p-1. The second-order valence-corrected chi connectivity index (χ2v) is 9.78. The summed E-state index contributed by atoms with van der Waals surface area (Å²) in [5, 5.41) is 0. The Kier molecular flexibility index (Phi) is 7.89. The second kappa shape index (κ2) is 10.8. The van der Waals surface area contributed by atoms with Crippen LogP contribution in [0.4, 0.5) is 0 Å². The molecular weight excluding hydrogens is 428 g/mol. The van der Waals surface area contributed by atoms with E-state index in [1.54, 1.807) is 0 Å². The third kappa shape index (κ3) is 6.46. The zero-order chi connectivity index (χ0) is 22.1. The zero-order valence-electron chi connectivity index (χ0n) is 16.9. The van der Waals surface area contributed by atoms with Crippen LogP contribution in [0.15, 0.2) is 135 Å². The van der Waals surface area contributed by atoms with Gasteiger partial charge in [-0.2, -0.15) is 0 Å². The van der Waals surface area contributed by atoms with Gasteiger partial charge in [0.1, 0.15) is 15.9 Å². The van der Waals surface area contributed by atoms with Gasteiger partial charge in [-0.3, -0.25) is 0 Å². The van der Waals surface area contributed by atoms with Gasteiger partial charge < -0.3 is 9.29 Å². The maximum atomic E-state index is 10.4. The largest absolute Gasteiger partial charge is 0.744 e. The van der Waals surface area contributed by atoms with Crippen molar-refractivity contribution in [3.05, 3.63) is 115 Å². The number of methoxy groups -OCH3 is 1. The molecule has 158 valence electrons. The minimum atomic E-state index is -4.33. The van der Waals surface area contributed by atoms with Crippen molar-refractivity contribution in [1.29, 1.82) is 0 Å². The van der Waals surface area contributed by atoms with Gasteiger partial charge in [-0.15, -0.1) is 0 Å². The summed E-state index contributed by atoms with van der Waals surface area (Å²) in [6.45, 7) is 0. The van der Waals surface area contributed by atoms with E-state index in [1.165, 1.54) is 46.1 Å². The van der Waals surface area contributed by atoms with Crippen LogP contribution < -0.4 is 4.74 Å². The Bertz CT molecular complexity index is 1070. The van der Waals surface area contributed by atoms with Crippen LogP contribution in [0.1, 0.15) is 0 Å². The van der Waals surface area contributed by atoms with Crippen LogP contribution in [-0.2, 0) is 21.0 Å². The minimum absolute atomic E-state index is 0.0146. The molecule has 0 aromatic heterocycles. The van der Waals surface area contributed by atoms with E-state index in [9.17, 15) is 13.0 Å². The Morgan fingerprint density at radius 2 is 0.968 bits per heavy atom. The smallest absolute Gasteiger partial charge is 0.166 e. The van der Waals surface area contributed by atoms with Crippen LogP contribution in [0, 0.1) is 0 Å². The maximum Gasteiger partial charge on any atom is 0.166 e. The number of rotatable bonds is 5. The molecule has 4 rings (SSSR count). The lowest BCUT2D eigenvalue weighted by Crippen LogP contribution is -2.04. The summed E-state index contributed by atoms with van der Waals surface area (Å²) in [7, 11) is -2.89. The van der Waals surface area contributed by atoms with Crippen LogP contribution in [-0.4, -0.2) is 20.1 Å². The van der Waals surface area contributed by atoms with E-state index in [2.05, 4.69) is 91.0 Å². The van der Waals surface area contributed by atoms with Crippen LogP contribution in [0.25, 0.3) is 0 Å². The van der Waals surface area contributed by atoms with E-state index in [-0.39, 0.29) is 15.8 Å². The fourth-order valence-electron chi connectivity index (χ4n) is 2.82. The Hall–Kier alpha value is -3.06. The number of benzene rings is 4. The van der Waals surface area contributed by atoms with Crippen molar-refractivity contribution >= 4 is 21.0 Å². The normalized spacial score (nSPS) is 10.8. The topological polar surface area (TPSA) is 66.4 Å². The molecule has 0 bridgehead atoms. The summed E-state index contributed by atoms with van der Waals surface area (Å²) in [4.78, 5) is 3.84. The fourth-order valence-corrected chi connectivity index (χ4v) is 5.39. The van der Waals surface area contributed by atoms with E-state index in [0.717, 1.165) is 0 Å². The summed E-state index contributed by atoms with van der Waals surface area (Å²) >= 11 is 0. The molecule has 6 heteroatoms. The first kappa shape index (κ1) is 22.6. The Morgan fingerprint density at radius 3 is 1.26 bits per heavy atom. The van der Waals surface area contributed by atoms with Gasteiger partial charge in [0, 0.05) is 0 Å². The molecule has 0 saturated carbocycles. The van der Waals surface area contributed by atoms with Gasteiger partial charge in [-0.25, -0.2) is 8.42 Å². The summed E-state index contributed by atoms with van der Waals surface area (Å²) in [6.07, 6.45) is 0. The Labute approximate surface area is 186 Å². The quantitative estimate of drug-likeness (QED) is 0.302. The Balaban J connectivity index is 0.000000196. The number of ether oxygens (including phenoxy) is 1.